The number of nitrogens with one attached hydrogen (secondary N) is 1. The summed E-state index contributed by atoms with van der Waals surface area (Å²) in [7, 11) is 1.97. The minimum absolute atomic E-state index is 0.197. The van der Waals surface area contributed by atoms with Gasteiger partial charge in [0, 0.05) is 19.6 Å². The Labute approximate surface area is 100 Å². The summed E-state index contributed by atoms with van der Waals surface area (Å²) in [5.41, 5.74) is 1.37. The Kier molecular flexibility index (Phi) is 3.36. The number of halogens is 2. The standard InChI is InChI=1S/C12H16ClFN2/c1-8-5-10(13)12(6-11(8)14)16(2)9-3-4-15-7-9/h5-6,9,15H,3-4,7H2,1-2H3. The van der Waals surface area contributed by atoms with Gasteiger partial charge in [-0.05, 0) is 37.6 Å². The Morgan fingerprint density at radius 3 is 2.88 bits per heavy atom. The van der Waals surface area contributed by atoms with E-state index < -0.39 is 0 Å². The Hall–Kier alpha value is -0.800. The molecule has 2 nitrogen and oxygen atoms in total. The number of aryl methyl sites for hydroxylation is 1. The van der Waals surface area contributed by atoms with Gasteiger partial charge in [0.15, 0.2) is 0 Å². The van der Waals surface area contributed by atoms with Crippen molar-refractivity contribution in [1.29, 1.82) is 0 Å². The van der Waals surface area contributed by atoms with E-state index in [9.17, 15) is 4.39 Å². The lowest BCUT2D eigenvalue weighted by atomic mass is 10.1. The molecule has 0 saturated carbocycles. The van der Waals surface area contributed by atoms with Crippen LogP contribution in [0.5, 0.6) is 0 Å². The van der Waals surface area contributed by atoms with Gasteiger partial charge in [-0.25, -0.2) is 4.39 Å². The molecular weight excluding hydrogens is 227 g/mol. The maximum atomic E-state index is 13.5. The number of rotatable bonds is 2. The number of nitrogens with zero attached hydrogens (tertiary/aromatic N) is 1. The highest BCUT2D eigenvalue weighted by Crippen LogP contribution is 2.30. The van der Waals surface area contributed by atoms with Crippen molar-refractivity contribution in [1.82, 2.24) is 5.32 Å². The number of hydrogen-bond acceptors (Lipinski definition) is 2. The smallest absolute Gasteiger partial charge is 0.128 e. The average molecular weight is 243 g/mol. The summed E-state index contributed by atoms with van der Waals surface area (Å²) in [6.07, 6.45) is 1.07. The highest BCUT2D eigenvalue weighted by Gasteiger charge is 2.21. The Morgan fingerprint density at radius 1 is 1.50 bits per heavy atom. The molecule has 88 valence electrons. The van der Waals surface area contributed by atoms with Crippen molar-refractivity contribution in [3.63, 3.8) is 0 Å². The first-order valence-electron chi connectivity index (χ1n) is 5.49. The van der Waals surface area contributed by atoms with E-state index in [2.05, 4.69) is 10.2 Å². The zero-order valence-corrected chi connectivity index (χ0v) is 10.3. The third kappa shape index (κ3) is 2.15. The molecule has 0 amide bonds. The van der Waals surface area contributed by atoms with Crippen LogP contribution in [0.4, 0.5) is 10.1 Å². The summed E-state index contributed by atoms with van der Waals surface area (Å²) < 4.78 is 13.5. The molecule has 1 aliphatic rings. The van der Waals surface area contributed by atoms with Crippen molar-refractivity contribution in [3.05, 3.63) is 28.5 Å². The molecule has 1 aromatic rings. The van der Waals surface area contributed by atoms with Gasteiger partial charge < -0.3 is 10.2 Å². The highest BCUT2D eigenvalue weighted by atomic mass is 35.5. The number of anilines is 1. The third-order valence-corrected chi connectivity index (χ3v) is 3.49. The highest BCUT2D eigenvalue weighted by molar-refractivity contribution is 6.33. The molecule has 1 fully saturated rings. The van der Waals surface area contributed by atoms with Crippen LogP contribution in [0.25, 0.3) is 0 Å². The van der Waals surface area contributed by atoms with Gasteiger partial charge in [-0.15, -0.1) is 0 Å². The first kappa shape index (κ1) is 11.7. The first-order valence-corrected chi connectivity index (χ1v) is 5.86. The summed E-state index contributed by atoms with van der Waals surface area (Å²) in [5.74, 6) is -0.197. The van der Waals surface area contributed by atoms with Gasteiger partial charge in [-0.3, -0.25) is 0 Å². The largest absolute Gasteiger partial charge is 0.369 e. The van der Waals surface area contributed by atoms with E-state index in [1.807, 2.05) is 7.05 Å². The number of hydrogen-bond donors (Lipinski definition) is 1. The van der Waals surface area contributed by atoms with Crippen LogP contribution in [-0.2, 0) is 0 Å². The second kappa shape index (κ2) is 4.60. The van der Waals surface area contributed by atoms with Crippen LogP contribution < -0.4 is 10.2 Å². The van der Waals surface area contributed by atoms with Crippen LogP contribution in [0.3, 0.4) is 0 Å². The van der Waals surface area contributed by atoms with Gasteiger partial charge >= 0.3 is 0 Å². The van der Waals surface area contributed by atoms with Crippen LogP contribution >= 0.6 is 11.6 Å². The summed E-state index contributed by atoms with van der Waals surface area (Å²) in [6.45, 7) is 3.67. The van der Waals surface area contributed by atoms with Crippen molar-refractivity contribution in [3.8, 4) is 0 Å². The topological polar surface area (TPSA) is 15.3 Å². The Balaban J connectivity index is 2.28. The molecule has 0 radical (unpaired) electrons. The third-order valence-electron chi connectivity index (χ3n) is 3.19. The summed E-state index contributed by atoms with van der Waals surface area (Å²) in [5, 5.41) is 3.91. The molecule has 0 aliphatic carbocycles. The fourth-order valence-electron chi connectivity index (χ4n) is 2.07. The lowest BCUT2D eigenvalue weighted by Crippen LogP contribution is -2.33. The van der Waals surface area contributed by atoms with Crippen LogP contribution in [0.15, 0.2) is 12.1 Å². The minimum atomic E-state index is -0.197. The molecule has 1 N–H and O–H groups in total. The fourth-order valence-corrected chi connectivity index (χ4v) is 2.42. The van der Waals surface area contributed by atoms with Gasteiger partial charge in [0.2, 0.25) is 0 Å². The maximum absolute atomic E-state index is 13.5. The molecule has 1 unspecified atom stereocenters. The van der Waals surface area contributed by atoms with Gasteiger partial charge in [0.1, 0.15) is 5.82 Å². The molecule has 1 heterocycles. The van der Waals surface area contributed by atoms with E-state index in [0.29, 0.717) is 16.6 Å². The van der Waals surface area contributed by atoms with Crippen molar-refractivity contribution in [2.45, 2.75) is 19.4 Å². The van der Waals surface area contributed by atoms with Gasteiger partial charge in [-0.2, -0.15) is 0 Å². The quantitative estimate of drug-likeness (QED) is 0.858. The van der Waals surface area contributed by atoms with E-state index in [1.165, 1.54) is 6.07 Å². The van der Waals surface area contributed by atoms with Crippen LogP contribution in [0, 0.1) is 12.7 Å². The van der Waals surface area contributed by atoms with E-state index in [0.717, 1.165) is 25.2 Å². The fraction of sp³-hybridized carbons (Fsp3) is 0.500. The second-order valence-electron chi connectivity index (χ2n) is 4.31. The van der Waals surface area contributed by atoms with Gasteiger partial charge in [-0.1, -0.05) is 11.6 Å². The average Bonchev–Trinajstić information content (AvgIpc) is 2.75. The van der Waals surface area contributed by atoms with E-state index in [1.54, 1.807) is 13.0 Å². The lowest BCUT2D eigenvalue weighted by Gasteiger charge is -2.27. The van der Waals surface area contributed by atoms with Crippen molar-refractivity contribution in [2.24, 2.45) is 0 Å². The van der Waals surface area contributed by atoms with E-state index in [-0.39, 0.29) is 5.82 Å². The molecule has 0 spiro atoms. The zero-order chi connectivity index (χ0) is 11.7. The predicted molar refractivity (Wildman–Crippen MR) is 65.8 cm³/mol. The summed E-state index contributed by atoms with van der Waals surface area (Å²) in [6, 6.07) is 3.61. The Morgan fingerprint density at radius 2 is 2.25 bits per heavy atom. The van der Waals surface area contributed by atoms with Crippen molar-refractivity contribution in [2.75, 3.05) is 25.0 Å². The first-order chi connectivity index (χ1) is 7.59. The number of benzene rings is 1. The van der Waals surface area contributed by atoms with E-state index in [4.69, 9.17) is 11.6 Å². The van der Waals surface area contributed by atoms with Crippen molar-refractivity contribution >= 4 is 17.3 Å². The molecule has 1 aromatic carbocycles. The van der Waals surface area contributed by atoms with Crippen LogP contribution in [0.2, 0.25) is 5.02 Å². The summed E-state index contributed by atoms with van der Waals surface area (Å²) >= 11 is 6.15. The lowest BCUT2D eigenvalue weighted by molar-refractivity contribution is 0.615. The minimum Gasteiger partial charge on any atom is -0.369 e. The molecule has 1 atom stereocenters. The molecule has 2 rings (SSSR count). The molecule has 1 aliphatic heterocycles. The van der Waals surface area contributed by atoms with Crippen molar-refractivity contribution < 1.29 is 4.39 Å². The monoisotopic (exact) mass is 242 g/mol. The Bertz CT molecular complexity index is 389. The van der Waals surface area contributed by atoms with Gasteiger partial charge in [0.05, 0.1) is 10.7 Å². The molecule has 0 bridgehead atoms. The van der Waals surface area contributed by atoms with E-state index >= 15 is 0 Å². The number of likely N-dealkylation sites (N-methyl/N-ethyl adjacent to an activating group) is 1. The molecule has 4 heteroatoms. The summed E-state index contributed by atoms with van der Waals surface area (Å²) in [4.78, 5) is 2.06. The maximum Gasteiger partial charge on any atom is 0.128 e. The van der Waals surface area contributed by atoms with Crippen LogP contribution in [-0.4, -0.2) is 26.2 Å². The SMILES string of the molecule is Cc1cc(Cl)c(N(C)C2CCNC2)cc1F. The normalized spacial score (nSPS) is 20.1. The van der Waals surface area contributed by atoms with Gasteiger partial charge in [0.25, 0.3) is 0 Å². The second-order valence-corrected chi connectivity index (χ2v) is 4.72. The van der Waals surface area contributed by atoms with Crippen LogP contribution in [0.1, 0.15) is 12.0 Å². The molecule has 1 saturated heterocycles. The molecule has 0 aromatic heterocycles. The predicted octanol–water partition coefficient (Wildman–Crippen LogP) is 2.59. The molecular formula is C12H16ClFN2. The zero-order valence-electron chi connectivity index (χ0n) is 9.56. The molecule has 16 heavy (non-hydrogen) atoms.